The molecule has 2 aliphatic rings. The molecule has 1 heterocycles. The van der Waals surface area contributed by atoms with Gasteiger partial charge in [0.25, 0.3) is 11.9 Å². The molecule has 0 aromatic heterocycles. The summed E-state index contributed by atoms with van der Waals surface area (Å²) in [5, 5.41) is 24.0. The monoisotopic (exact) mass is 530 g/mol. The van der Waals surface area contributed by atoms with Gasteiger partial charge in [0.2, 0.25) is 0 Å². The summed E-state index contributed by atoms with van der Waals surface area (Å²) >= 11 is 0. The average molecular weight is 531 g/mol. The molecule has 39 heavy (non-hydrogen) atoms. The number of ether oxygens (including phenoxy) is 2. The largest absolute Gasteiger partial charge is 0.497 e. The van der Waals surface area contributed by atoms with Crippen molar-refractivity contribution in [2.24, 2.45) is 0 Å². The highest BCUT2D eigenvalue weighted by molar-refractivity contribution is 6.23. The van der Waals surface area contributed by atoms with Crippen LogP contribution in [0.3, 0.4) is 0 Å². The summed E-state index contributed by atoms with van der Waals surface area (Å²) in [5.74, 6) is -1.39. The molecule has 0 radical (unpaired) electrons. The van der Waals surface area contributed by atoms with Gasteiger partial charge in [-0.2, -0.15) is 0 Å². The fraction of sp³-hybridized carbons (Fsp3) is 0.333. The van der Waals surface area contributed by atoms with E-state index >= 15 is 0 Å². The highest BCUT2D eigenvalue weighted by atomic mass is 16.6. The number of nitro groups is 1. The molecule has 3 aromatic carbocycles. The zero-order chi connectivity index (χ0) is 28.3. The fourth-order valence-corrected chi connectivity index (χ4v) is 6.01. The molecule has 1 aliphatic heterocycles. The van der Waals surface area contributed by atoms with E-state index in [0.717, 1.165) is 10.5 Å². The second kappa shape index (κ2) is 9.20. The lowest BCUT2D eigenvalue weighted by atomic mass is 9.63. The fourth-order valence-electron chi connectivity index (χ4n) is 6.01. The molecule has 1 N–H and O–H groups in total. The Hall–Kier alpha value is -4.24. The standard InChI is InChI=1S/C30H30N2O7/c1-17-11-14-23-22(15-17)30(18-9-7-6-8-10-18,27(34)31(23)28(35)39-29(2,3)4)24-20-13-12-19(38-5)16-21(20)26(33)25(24)32(36)37/h6-16,24-26,33H,1-5H3/t24-,25-,26+,30+/m0/s1. The number of hydrogen-bond donors (Lipinski definition) is 1. The molecule has 202 valence electrons. The van der Waals surface area contributed by atoms with Gasteiger partial charge < -0.3 is 14.6 Å². The zero-order valence-corrected chi connectivity index (χ0v) is 22.4. The molecular weight excluding hydrogens is 500 g/mol. The van der Waals surface area contributed by atoms with Crippen molar-refractivity contribution in [1.82, 2.24) is 0 Å². The molecule has 2 amide bonds. The lowest BCUT2D eigenvalue weighted by Crippen LogP contribution is -2.51. The Morgan fingerprint density at radius 2 is 1.74 bits per heavy atom. The number of rotatable bonds is 4. The number of aliphatic hydroxyl groups excluding tert-OH is 1. The van der Waals surface area contributed by atoms with Crippen LogP contribution < -0.4 is 9.64 Å². The van der Waals surface area contributed by atoms with E-state index in [2.05, 4.69) is 0 Å². The van der Waals surface area contributed by atoms with Crippen molar-refractivity contribution in [2.75, 3.05) is 12.0 Å². The number of hydrogen-bond acceptors (Lipinski definition) is 7. The Morgan fingerprint density at radius 1 is 1.05 bits per heavy atom. The molecule has 0 bridgehead atoms. The van der Waals surface area contributed by atoms with Crippen LogP contribution in [0.25, 0.3) is 0 Å². The number of benzene rings is 3. The predicted octanol–water partition coefficient (Wildman–Crippen LogP) is 5.05. The third-order valence-electron chi connectivity index (χ3n) is 7.49. The van der Waals surface area contributed by atoms with Crippen molar-refractivity contribution in [3.05, 3.63) is 105 Å². The maximum Gasteiger partial charge on any atom is 0.421 e. The van der Waals surface area contributed by atoms with Crippen LogP contribution in [0.15, 0.2) is 66.7 Å². The molecular formula is C30H30N2O7. The molecule has 3 aromatic rings. The van der Waals surface area contributed by atoms with Crippen molar-refractivity contribution in [1.29, 1.82) is 0 Å². The SMILES string of the molecule is COc1ccc2c(c1)[C@@H](O)[C@@H]([N+](=O)[O-])[C@H]2[C@]1(c2ccccc2)C(=O)N(C(=O)OC(C)(C)C)c2ccc(C)cc21. The van der Waals surface area contributed by atoms with E-state index in [1.807, 2.05) is 6.92 Å². The third kappa shape index (κ3) is 3.96. The van der Waals surface area contributed by atoms with Gasteiger partial charge in [0.1, 0.15) is 22.9 Å². The first-order valence-electron chi connectivity index (χ1n) is 12.7. The van der Waals surface area contributed by atoms with E-state index in [-0.39, 0.29) is 0 Å². The number of fused-ring (bicyclic) bond motifs is 2. The van der Waals surface area contributed by atoms with Crippen LogP contribution in [0.2, 0.25) is 0 Å². The van der Waals surface area contributed by atoms with Crippen molar-refractivity contribution in [3.8, 4) is 5.75 Å². The second-order valence-corrected chi connectivity index (χ2v) is 11.0. The molecule has 0 unspecified atom stereocenters. The summed E-state index contributed by atoms with van der Waals surface area (Å²) in [6.45, 7) is 6.95. The number of imide groups is 1. The van der Waals surface area contributed by atoms with Crippen molar-refractivity contribution in [3.63, 3.8) is 0 Å². The van der Waals surface area contributed by atoms with Gasteiger partial charge in [-0.25, -0.2) is 9.69 Å². The maximum absolute atomic E-state index is 14.8. The maximum atomic E-state index is 14.8. The number of carbonyl (C=O) groups is 2. The molecule has 0 spiro atoms. The molecule has 9 nitrogen and oxygen atoms in total. The van der Waals surface area contributed by atoms with Crippen LogP contribution in [0.5, 0.6) is 5.75 Å². The van der Waals surface area contributed by atoms with Gasteiger partial charge in [0, 0.05) is 4.92 Å². The Labute approximate surface area is 226 Å². The molecule has 9 heteroatoms. The van der Waals surface area contributed by atoms with Gasteiger partial charge in [-0.1, -0.05) is 54.1 Å². The summed E-state index contributed by atoms with van der Waals surface area (Å²) in [4.78, 5) is 41.5. The highest BCUT2D eigenvalue weighted by Gasteiger charge is 2.67. The van der Waals surface area contributed by atoms with Crippen LogP contribution in [0, 0.1) is 17.0 Å². The topological polar surface area (TPSA) is 119 Å². The predicted molar refractivity (Wildman–Crippen MR) is 144 cm³/mol. The average Bonchev–Trinajstić information content (AvgIpc) is 3.31. The van der Waals surface area contributed by atoms with Crippen LogP contribution in [-0.2, 0) is 14.9 Å². The van der Waals surface area contributed by atoms with Crippen molar-refractivity contribution < 1.29 is 29.1 Å². The molecule has 4 atom stereocenters. The number of nitrogens with zero attached hydrogens (tertiary/aromatic N) is 2. The summed E-state index contributed by atoms with van der Waals surface area (Å²) in [6.07, 6.45) is -2.38. The van der Waals surface area contributed by atoms with E-state index in [1.54, 1.807) is 87.5 Å². The normalized spacial score (nSPS) is 23.8. The van der Waals surface area contributed by atoms with Crippen molar-refractivity contribution >= 4 is 17.7 Å². The molecule has 0 fully saturated rings. The number of aryl methyl sites for hydroxylation is 1. The van der Waals surface area contributed by atoms with Gasteiger partial charge in [-0.3, -0.25) is 14.9 Å². The quantitative estimate of drug-likeness (QED) is 0.370. The van der Waals surface area contributed by atoms with E-state index in [4.69, 9.17) is 9.47 Å². The summed E-state index contributed by atoms with van der Waals surface area (Å²) in [5.41, 5.74) is 0.169. The minimum Gasteiger partial charge on any atom is -0.497 e. The third-order valence-corrected chi connectivity index (χ3v) is 7.49. The van der Waals surface area contributed by atoms with Crippen LogP contribution in [0.4, 0.5) is 10.5 Å². The first-order chi connectivity index (χ1) is 18.4. The summed E-state index contributed by atoms with van der Waals surface area (Å²) in [7, 11) is 1.47. The Balaban J connectivity index is 1.87. The Kier molecular flexibility index (Phi) is 6.22. The van der Waals surface area contributed by atoms with Gasteiger partial charge >= 0.3 is 6.09 Å². The number of methoxy groups -OCH3 is 1. The smallest absolute Gasteiger partial charge is 0.421 e. The zero-order valence-electron chi connectivity index (χ0n) is 22.4. The number of carbonyl (C=O) groups excluding carboxylic acids is 2. The highest BCUT2D eigenvalue weighted by Crippen LogP contribution is 2.60. The van der Waals surface area contributed by atoms with Crippen LogP contribution in [0.1, 0.15) is 60.6 Å². The summed E-state index contributed by atoms with van der Waals surface area (Å²) < 4.78 is 11.0. The van der Waals surface area contributed by atoms with E-state index in [9.17, 15) is 24.8 Å². The first-order valence-corrected chi connectivity index (χ1v) is 12.7. The number of amides is 2. The van der Waals surface area contributed by atoms with E-state index < -0.39 is 46.0 Å². The summed E-state index contributed by atoms with van der Waals surface area (Å²) in [6, 6.07) is 17.3. The van der Waals surface area contributed by atoms with Gasteiger partial charge in [-0.05, 0) is 68.1 Å². The van der Waals surface area contributed by atoms with Crippen LogP contribution in [-0.4, -0.2) is 40.8 Å². The van der Waals surface area contributed by atoms with Crippen LogP contribution >= 0.6 is 0 Å². The van der Waals surface area contributed by atoms with Crippen molar-refractivity contribution in [2.45, 2.75) is 56.8 Å². The van der Waals surface area contributed by atoms with E-state index in [0.29, 0.717) is 33.7 Å². The Bertz CT molecular complexity index is 1480. The number of anilines is 1. The van der Waals surface area contributed by atoms with Gasteiger partial charge in [-0.15, -0.1) is 0 Å². The molecule has 1 aliphatic carbocycles. The second-order valence-electron chi connectivity index (χ2n) is 11.0. The first kappa shape index (κ1) is 26.4. The minimum absolute atomic E-state index is 0.294. The Morgan fingerprint density at radius 3 is 2.36 bits per heavy atom. The lowest BCUT2D eigenvalue weighted by Gasteiger charge is -2.36. The van der Waals surface area contributed by atoms with Gasteiger partial charge in [0.15, 0.2) is 0 Å². The minimum atomic E-state index is -1.71. The lowest BCUT2D eigenvalue weighted by molar-refractivity contribution is -0.538. The van der Waals surface area contributed by atoms with E-state index in [1.165, 1.54) is 7.11 Å². The molecule has 0 saturated carbocycles. The number of aliphatic hydroxyl groups is 1. The molecule has 5 rings (SSSR count). The molecule has 0 saturated heterocycles. The van der Waals surface area contributed by atoms with Gasteiger partial charge in [0.05, 0.1) is 18.7 Å².